The Morgan fingerprint density at radius 1 is 1.12 bits per heavy atom. The van der Waals surface area contributed by atoms with Crippen LogP contribution >= 0.6 is 0 Å². The predicted molar refractivity (Wildman–Crippen MR) is 91.5 cm³/mol. The van der Waals surface area contributed by atoms with E-state index < -0.39 is 10.5 Å². The summed E-state index contributed by atoms with van der Waals surface area (Å²) in [5.74, 6) is -0.193. The fourth-order valence-electron chi connectivity index (χ4n) is 2.59. The number of carbonyl (C=O) groups is 2. The Balaban J connectivity index is 1.99. The lowest BCUT2D eigenvalue weighted by Gasteiger charge is -2.35. The van der Waals surface area contributed by atoms with Crippen molar-refractivity contribution < 1.29 is 19.2 Å². The zero-order chi connectivity index (χ0) is 18.8. The first-order valence-corrected chi connectivity index (χ1v) is 8.11. The lowest BCUT2D eigenvalue weighted by atomic mass is 10.1. The molecule has 0 spiro atoms. The average molecular weight is 349 g/mol. The Morgan fingerprint density at radius 3 is 2.16 bits per heavy atom. The number of nitro groups is 1. The third-order valence-corrected chi connectivity index (χ3v) is 3.86. The monoisotopic (exact) mass is 349 g/mol. The standard InChI is InChI=1S/C17H23N3O5/c1-12-11-13(5-6-14(12)20(23)24)15(21)18-7-9-19(10-8-18)16(22)25-17(2,3)4/h5-6,11H,7-10H2,1-4H3. The molecule has 0 unspecified atom stereocenters. The first-order chi connectivity index (χ1) is 11.6. The summed E-state index contributed by atoms with van der Waals surface area (Å²) in [6.45, 7) is 8.61. The molecule has 1 aromatic rings. The van der Waals surface area contributed by atoms with Crippen LogP contribution in [0.2, 0.25) is 0 Å². The first-order valence-electron chi connectivity index (χ1n) is 8.11. The number of hydrogen-bond acceptors (Lipinski definition) is 5. The van der Waals surface area contributed by atoms with Crippen molar-refractivity contribution in [3.8, 4) is 0 Å². The van der Waals surface area contributed by atoms with Crippen LogP contribution in [0, 0.1) is 17.0 Å². The van der Waals surface area contributed by atoms with Crippen molar-refractivity contribution >= 4 is 17.7 Å². The van der Waals surface area contributed by atoms with Gasteiger partial charge in [0.15, 0.2) is 0 Å². The highest BCUT2D eigenvalue weighted by atomic mass is 16.6. The van der Waals surface area contributed by atoms with E-state index in [1.165, 1.54) is 18.2 Å². The van der Waals surface area contributed by atoms with Gasteiger partial charge in [-0.1, -0.05) is 0 Å². The van der Waals surface area contributed by atoms with E-state index in [1.807, 2.05) is 20.8 Å². The lowest BCUT2D eigenvalue weighted by molar-refractivity contribution is -0.385. The number of aryl methyl sites for hydroxylation is 1. The third-order valence-electron chi connectivity index (χ3n) is 3.86. The predicted octanol–water partition coefficient (Wildman–Crippen LogP) is 2.60. The molecule has 0 saturated carbocycles. The molecule has 8 heteroatoms. The van der Waals surface area contributed by atoms with E-state index in [0.717, 1.165) is 0 Å². The second-order valence-electron chi connectivity index (χ2n) is 7.02. The summed E-state index contributed by atoms with van der Waals surface area (Å²) >= 11 is 0. The maximum atomic E-state index is 12.6. The van der Waals surface area contributed by atoms with E-state index in [9.17, 15) is 19.7 Å². The van der Waals surface area contributed by atoms with Gasteiger partial charge in [-0.3, -0.25) is 14.9 Å². The molecule has 1 aromatic carbocycles. The lowest BCUT2D eigenvalue weighted by Crippen LogP contribution is -2.51. The van der Waals surface area contributed by atoms with E-state index in [0.29, 0.717) is 37.3 Å². The molecular weight excluding hydrogens is 326 g/mol. The molecule has 1 fully saturated rings. The molecule has 1 heterocycles. The zero-order valence-corrected chi connectivity index (χ0v) is 14.9. The molecule has 0 radical (unpaired) electrons. The topological polar surface area (TPSA) is 93.0 Å². The molecule has 1 aliphatic heterocycles. The van der Waals surface area contributed by atoms with Crippen LogP contribution in [0.3, 0.4) is 0 Å². The number of carbonyl (C=O) groups excluding carboxylic acids is 2. The number of amides is 2. The van der Waals surface area contributed by atoms with Gasteiger partial charge in [0.05, 0.1) is 4.92 Å². The van der Waals surface area contributed by atoms with Crippen LogP contribution in [0.1, 0.15) is 36.7 Å². The van der Waals surface area contributed by atoms with Crippen LogP contribution in [0.4, 0.5) is 10.5 Å². The van der Waals surface area contributed by atoms with Crippen LogP contribution < -0.4 is 0 Å². The summed E-state index contributed by atoms with van der Waals surface area (Å²) in [7, 11) is 0. The van der Waals surface area contributed by atoms with Gasteiger partial charge in [0.2, 0.25) is 0 Å². The number of rotatable bonds is 2. The molecular formula is C17H23N3O5. The Hall–Kier alpha value is -2.64. The molecule has 0 bridgehead atoms. The van der Waals surface area contributed by atoms with Gasteiger partial charge in [0.25, 0.3) is 11.6 Å². The van der Waals surface area contributed by atoms with Crippen LogP contribution in [-0.4, -0.2) is 58.5 Å². The Kier molecular flexibility index (Phi) is 5.30. The molecule has 25 heavy (non-hydrogen) atoms. The second kappa shape index (κ2) is 7.08. The van der Waals surface area contributed by atoms with Gasteiger partial charge in [-0.05, 0) is 39.8 Å². The highest BCUT2D eigenvalue weighted by molar-refractivity contribution is 5.95. The summed E-state index contributed by atoms with van der Waals surface area (Å²) in [6, 6.07) is 4.34. The number of benzene rings is 1. The van der Waals surface area contributed by atoms with Crippen molar-refractivity contribution in [2.24, 2.45) is 0 Å². The summed E-state index contributed by atoms with van der Waals surface area (Å²) in [6.07, 6.45) is -0.384. The number of nitrogens with zero attached hydrogens (tertiary/aromatic N) is 3. The number of piperazine rings is 1. The molecule has 1 aliphatic rings. The molecule has 0 N–H and O–H groups in total. The number of hydrogen-bond donors (Lipinski definition) is 0. The van der Waals surface area contributed by atoms with Crippen LogP contribution in [-0.2, 0) is 4.74 Å². The van der Waals surface area contributed by atoms with Crippen LogP contribution in [0.15, 0.2) is 18.2 Å². The van der Waals surface area contributed by atoms with Crippen LogP contribution in [0.5, 0.6) is 0 Å². The highest BCUT2D eigenvalue weighted by Gasteiger charge is 2.28. The zero-order valence-electron chi connectivity index (χ0n) is 14.9. The normalized spacial score (nSPS) is 15.0. The quantitative estimate of drug-likeness (QED) is 0.604. The van der Waals surface area contributed by atoms with Gasteiger partial charge in [0, 0.05) is 43.4 Å². The van der Waals surface area contributed by atoms with Crippen molar-refractivity contribution in [3.05, 3.63) is 39.4 Å². The second-order valence-corrected chi connectivity index (χ2v) is 7.02. The van der Waals surface area contributed by atoms with Gasteiger partial charge in [-0.2, -0.15) is 0 Å². The molecule has 8 nitrogen and oxygen atoms in total. The maximum absolute atomic E-state index is 12.6. The minimum Gasteiger partial charge on any atom is -0.444 e. The molecule has 2 amide bonds. The van der Waals surface area contributed by atoms with Crippen molar-refractivity contribution in [1.29, 1.82) is 0 Å². The summed E-state index contributed by atoms with van der Waals surface area (Å²) in [5, 5.41) is 10.9. The van der Waals surface area contributed by atoms with Crippen LogP contribution in [0.25, 0.3) is 0 Å². The molecule has 2 rings (SSSR count). The van der Waals surface area contributed by atoms with Gasteiger partial charge in [-0.15, -0.1) is 0 Å². The molecule has 1 saturated heterocycles. The van der Waals surface area contributed by atoms with Gasteiger partial charge in [-0.25, -0.2) is 4.79 Å². The molecule has 136 valence electrons. The first kappa shape index (κ1) is 18.7. The molecule has 0 aromatic heterocycles. The fourth-order valence-corrected chi connectivity index (χ4v) is 2.59. The van der Waals surface area contributed by atoms with Crippen molar-refractivity contribution in [2.75, 3.05) is 26.2 Å². The summed E-state index contributed by atoms with van der Waals surface area (Å²) in [5.41, 5.74) is 0.295. The van der Waals surface area contributed by atoms with Gasteiger partial charge < -0.3 is 14.5 Å². The van der Waals surface area contributed by atoms with E-state index in [2.05, 4.69) is 0 Å². The van der Waals surface area contributed by atoms with Crippen molar-refractivity contribution in [3.63, 3.8) is 0 Å². The van der Waals surface area contributed by atoms with Crippen molar-refractivity contribution in [2.45, 2.75) is 33.3 Å². The third kappa shape index (κ3) is 4.68. The minimum atomic E-state index is -0.555. The van der Waals surface area contributed by atoms with Gasteiger partial charge >= 0.3 is 6.09 Å². The number of ether oxygens (including phenoxy) is 1. The minimum absolute atomic E-state index is 0.00806. The number of nitro benzene ring substituents is 1. The Bertz CT molecular complexity index is 688. The summed E-state index contributed by atoms with van der Waals surface area (Å²) in [4.78, 5) is 38.2. The average Bonchev–Trinajstić information content (AvgIpc) is 2.52. The van der Waals surface area contributed by atoms with Crippen molar-refractivity contribution in [1.82, 2.24) is 9.80 Å². The Morgan fingerprint density at radius 2 is 1.68 bits per heavy atom. The largest absolute Gasteiger partial charge is 0.444 e. The Labute approximate surface area is 146 Å². The van der Waals surface area contributed by atoms with E-state index >= 15 is 0 Å². The van der Waals surface area contributed by atoms with Gasteiger partial charge in [0.1, 0.15) is 5.60 Å². The summed E-state index contributed by atoms with van der Waals surface area (Å²) < 4.78 is 5.33. The SMILES string of the molecule is Cc1cc(C(=O)N2CCN(C(=O)OC(C)(C)C)CC2)ccc1[N+](=O)[O-]. The van der Waals surface area contributed by atoms with E-state index in [-0.39, 0.29) is 17.7 Å². The highest BCUT2D eigenvalue weighted by Crippen LogP contribution is 2.20. The van der Waals surface area contributed by atoms with E-state index in [1.54, 1.807) is 16.7 Å². The van der Waals surface area contributed by atoms with E-state index in [4.69, 9.17) is 4.74 Å². The fraction of sp³-hybridized carbons (Fsp3) is 0.529. The smallest absolute Gasteiger partial charge is 0.410 e. The molecule has 0 aliphatic carbocycles. The molecule has 0 atom stereocenters. The maximum Gasteiger partial charge on any atom is 0.410 e.